The summed E-state index contributed by atoms with van der Waals surface area (Å²) in [7, 11) is 0. The summed E-state index contributed by atoms with van der Waals surface area (Å²) in [5, 5.41) is 25.8. The van der Waals surface area contributed by atoms with Crippen molar-refractivity contribution in [3.63, 3.8) is 0 Å². The molecule has 2 aromatic rings. The maximum atomic E-state index is 11.0. The fourth-order valence-corrected chi connectivity index (χ4v) is 4.62. The van der Waals surface area contributed by atoms with Crippen LogP contribution < -0.4 is 20.3 Å². The number of hydrogen-bond donors (Lipinski definition) is 4. The van der Waals surface area contributed by atoms with Gasteiger partial charge in [0.1, 0.15) is 17.7 Å². The van der Waals surface area contributed by atoms with Gasteiger partial charge in [-0.25, -0.2) is 0 Å². The van der Waals surface area contributed by atoms with Crippen molar-refractivity contribution in [3.8, 4) is 11.5 Å². The van der Waals surface area contributed by atoms with Gasteiger partial charge in [-0.3, -0.25) is 0 Å². The van der Waals surface area contributed by atoms with E-state index in [0.29, 0.717) is 12.0 Å². The molecule has 2 heterocycles. The number of benzene rings is 2. The van der Waals surface area contributed by atoms with Crippen molar-refractivity contribution in [2.45, 2.75) is 50.9 Å². The van der Waals surface area contributed by atoms with Gasteiger partial charge in [0.2, 0.25) is 0 Å². The molecule has 2 aliphatic heterocycles. The topological polar surface area (TPSA) is 80.6 Å². The summed E-state index contributed by atoms with van der Waals surface area (Å²) in [4.78, 5) is 2.18. The number of ether oxygens (including phenoxy) is 1. The Labute approximate surface area is 189 Å². The van der Waals surface area contributed by atoms with E-state index in [0.717, 1.165) is 72.7 Å². The lowest BCUT2D eigenvalue weighted by atomic mass is 9.91. The van der Waals surface area contributed by atoms with Crippen LogP contribution in [0.4, 0.5) is 5.69 Å². The zero-order chi connectivity index (χ0) is 22.1. The highest BCUT2D eigenvalue weighted by Crippen LogP contribution is 2.46. The maximum absolute atomic E-state index is 11.0. The van der Waals surface area contributed by atoms with Gasteiger partial charge in [0.05, 0.1) is 6.04 Å². The van der Waals surface area contributed by atoms with Crippen LogP contribution in [-0.2, 0) is 6.42 Å². The molecule has 5 rings (SSSR count). The zero-order valence-corrected chi connectivity index (χ0v) is 18.6. The average molecular weight is 433 g/mol. The van der Waals surface area contributed by atoms with Gasteiger partial charge < -0.3 is 30.8 Å². The maximum Gasteiger partial charge on any atom is 0.140 e. The molecule has 0 amide bonds. The second kappa shape index (κ2) is 8.96. The van der Waals surface area contributed by atoms with Crippen molar-refractivity contribution in [2.24, 2.45) is 5.92 Å². The van der Waals surface area contributed by atoms with Gasteiger partial charge in [-0.15, -0.1) is 0 Å². The fraction of sp³-hybridized carbons (Fsp3) is 0.423. The van der Waals surface area contributed by atoms with Gasteiger partial charge in [0.15, 0.2) is 0 Å². The predicted molar refractivity (Wildman–Crippen MR) is 129 cm³/mol. The van der Waals surface area contributed by atoms with Crippen LogP contribution in [0.3, 0.4) is 0 Å². The molecular formula is C26H32N4O2. The number of hydrogen-bond acceptors (Lipinski definition) is 6. The van der Waals surface area contributed by atoms with Crippen molar-refractivity contribution in [1.29, 1.82) is 5.41 Å². The Morgan fingerprint density at radius 3 is 2.62 bits per heavy atom. The second-order valence-electron chi connectivity index (χ2n) is 9.17. The van der Waals surface area contributed by atoms with Gasteiger partial charge in [-0.1, -0.05) is 18.2 Å². The molecule has 1 saturated carbocycles. The molecular weight excluding hydrogens is 400 g/mol. The summed E-state index contributed by atoms with van der Waals surface area (Å²) >= 11 is 0. The molecule has 0 spiro atoms. The quantitative estimate of drug-likeness (QED) is 0.476. The minimum Gasteiger partial charge on any atom is -0.456 e. The van der Waals surface area contributed by atoms with Crippen molar-refractivity contribution in [2.75, 3.05) is 18.0 Å². The molecule has 1 aliphatic carbocycles. The van der Waals surface area contributed by atoms with Crippen LogP contribution in [-0.4, -0.2) is 42.7 Å². The average Bonchev–Trinajstić information content (AvgIpc) is 3.62. The third-order valence-electron chi connectivity index (χ3n) is 6.82. The number of nitrogens with one attached hydrogen (secondary N) is 3. The fourth-order valence-electron chi connectivity index (χ4n) is 4.62. The Bertz CT molecular complexity index is 998. The highest BCUT2D eigenvalue weighted by Gasteiger charge is 2.39. The van der Waals surface area contributed by atoms with Gasteiger partial charge in [-0.05, 0) is 56.9 Å². The van der Waals surface area contributed by atoms with Crippen LogP contribution in [0.25, 0.3) is 5.57 Å². The summed E-state index contributed by atoms with van der Waals surface area (Å²) in [5.74, 6) is 1.92. The zero-order valence-electron chi connectivity index (χ0n) is 18.6. The molecule has 2 atom stereocenters. The highest BCUT2D eigenvalue weighted by atomic mass is 16.5. The van der Waals surface area contributed by atoms with E-state index in [1.807, 2.05) is 42.6 Å². The van der Waals surface area contributed by atoms with Crippen molar-refractivity contribution in [1.82, 2.24) is 10.6 Å². The number of para-hydroxylation sites is 1. The van der Waals surface area contributed by atoms with E-state index >= 15 is 0 Å². The number of aliphatic hydroxyl groups is 1. The van der Waals surface area contributed by atoms with E-state index in [2.05, 4.69) is 28.5 Å². The van der Waals surface area contributed by atoms with Crippen LogP contribution in [0.2, 0.25) is 0 Å². The number of rotatable bonds is 8. The molecule has 1 saturated heterocycles. The summed E-state index contributed by atoms with van der Waals surface area (Å²) in [5.41, 5.74) is 3.86. The Morgan fingerprint density at radius 1 is 1.19 bits per heavy atom. The van der Waals surface area contributed by atoms with E-state index in [1.54, 1.807) is 0 Å². The summed E-state index contributed by atoms with van der Waals surface area (Å²) < 4.78 is 6.48. The Kier molecular flexibility index (Phi) is 5.89. The molecule has 0 radical (unpaired) electrons. The molecule has 0 aromatic heterocycles. The minimum absolute atomic E-state index is 0.277. The molecule has 3 aliphatic rings. The van der Waals surface area contributed by atoms with Crippen molar-refractivity contribution in [3.05, 3.63) is 59.8 Å². The molecule has 32 heavy (non-hydrogen) atoms. The first-order chi connectivity index (χ1) is 15.7. The first-order valence-corrected chi connectivity index (χ1v) is 11.7. The van der Waals surface area contributed by atoms with Crippen LogP contribution >= 0.6 is 0 Å². The van der Waals surface area contributed by atoms with E-state index in [4.69, 9.17) is 10.1 Å². The van der Waals surface area contributed by atoms with Crippen molar-refractivity contribution < 1.29 is 9.84 Å². The summed E-state index contributed by atoms with van der Waals surface area (Å²) in [6, 6.07) is 14.6. The molecule has 1 unspecified atom stereocenters. The first kappa shape index (κ1) is 21.0. The Balaban J connectivity index is 1.58. The van der Waals surface area contributed by atoms with Gasteiger partial charge in [-0.2, -0.15) is 0 Å². The van der Waals surface area contributed by atoms with E-state index < -0.39 is 6.23 Å². The molecule has 0 bridgehead atoms. The largest absolute Gasteiger partial charge is 0.456 e. The summed E-state index contributed by atoms with van der Waals surface area (Å²) in [6.07, 6.45) is 6.89. The Hall–Kier alpha value is -2.83. The van der Waals surface area contributed by atoms with Crippen LogP contribution in [0.15, 0.2) is 48.7 Å². The third-order valence-corrected chi connectivity index (χ3v) is 6.82. The lowest BCUT2D eigenvalue weighted by molar-refractivity contribution is 0.133. The third kappa shape index (κ3) is 4.12. The van der Waals surface area contributed by atoms with Gasteiger partial charge in [0.25, 0.3) is 0 Å². The van der Waals surface area contributed by atoms with E-state index in [1.165, 1.54) is 6.21 Å². The number of allylic oxidation sites excluding steroid dienone is 1. The first-order valence-electron chi connectivity index (χ1n) is 11.7. The van der Waals surface area contributed by atoms with Crippen molar-refractivity contribution >= 4 is 17.5 Å². The van der Waals surface area contributed by atoms with Gasteiger partial charge >= 0.3 is 0 Å². The highest BCUT2D eigenvalue weighted by molar-refractivity contribution is 6.09. The molecule has 2 fully saturated rings. The normalized spacial score (nSPS) is 22.0. The molecule has 168 valence electrons. The van der Waals surface area contributed by atoms with E-state index in [9.17, 15) is 5.11 Å². The number of aliphatic hydroxyl groups excluding tert-OH is 1. The number of nitrogens with zero attached hydrogens (tertiary/aromatic N) is 1. The van der Waals surface area contributed by atoms with Crippen LogP contribution in [0.5, 0.6) is 11.5 Å². The van der Waals surface area contributed by atoms with E-state index in [-0.39, 0.29) is 6.04 Å². The smallest absolute Gasteiger partial charge is 0.140 e. The number of fused-ring (bicyclic) bond motifs is 1. The van der Waals surface area contributed by atoms with Crippen LogP contribution in [0.1, 0.15) is 37.3 Å². The molecule has 2 aromatic carbocycles. The molecule has 6 nitrogen and oxygen atoms in total. The predicted octanol–water partition coefficient (Wildman–Crippen LogP) is 3.90. The number of anilines is 1. The second-order valence-corrected chi connectivity index (χ2v) is 9.17. The standard InChI is InChI=1S/C26H32N4O2/c1-17-7-10-23-24(30(17)26(31)18-8-9-18)12-11-22(19(13-27)14-29-20-15-28-16-20)25(23)32-21-5-3-2-4-6-21/h2-6,11-14,17-18,20,26-29,31H,7-10,15-16H2,1H3/b19-14+,27-13?/t17-,26?/m0/s1. The summed E-state index contributed by atoms with van der Waals surface area (Å²) in [6.45, 7) is 4.07. The SMILES string of the molecule is C[C@H]1CCc2c(ccc(/C(C=N)=C/NC3CNC3)c2Oc2ccccc2)N1C(O)C1CC1. The van der Waals surface area contributed by atoms with Gasteiger partial charge in [0, 0.05) is 59.9 Å². The lowest BCUT2D eigenvalue weighted by Crippen LogP contribution is -2.53. The monoisotopic (exact) mass is 432 g/mol. The minimum atomic E-state index is -0.454. The lowest BCUT2D eigenvalue weighted by Gasteiger charge is -2.41. The Morgan fingerprint density at radius 2 is 1.97 bits per heavy atom. The molecule has 6 heteroatoms. The van der Waals surface area contributed by atoms with Crippen LogP contribution in [0, 0.1) is 11.3 Å². The molecule has 4 N–H and O–H groups in total.